The highest BCUT2D eigenvalue weighted by atomic mass is 16.6. The van der Waals surface area contributed by atoms with E-state index in [1.54, 1.807) is 13.0 Å². The van der Waals surface area contributed by atoms with Crippen molar-refractivity contribution in [1.29, 1.82) is 0 Å². The van der Waals surface area contributed by atoms with Crippen molar-refractivity contribution in [3.8, 4) is 0 Å². The molecule has 0 spiro atoms. The van der Waals surface area contributed by atoms with Crippen LogP contribution in [0.5, 0.6) is 0 Å². The van der Waals surface area contributed by atoms with Crippen molar-refractivity contribution in [2.75, 3.05) is 25.0 Å². The fourth-order valence-corrected chi connectivity index (χ4v) is 2.65. The van der Waals surface area contributed by atoms with Crippen LogP contribution in [0.15, 0.2) is 12.3 Å². The average Bonchev–Trinajstić information content (AvgIpc) is 2.39. The molecule has 1 aliphatic rings. The summed E-state index contributed by atoms with van der Waals surface area (Å²) in [5.74, 6) is 0.706. The second-order valence-electron chi connectivity index (χ2n) is 5.52. The Morgan fingerprint density at radius 1 is 1.45 bits per heavy atom. The highest BCUT2D eigenvalue weighted by molar-refractivity contribution is 5.47. The SMILES string of the molecule is Cc1cc(NC(C)CN2CCCCC2)ncc1[N+](=O)[O-]. The van der Waals surface area contributed by atoms with E-state index in [0.717, 1.165) is 6.54 Å². The molecule has 0 saturated carbocycles. The van der Waals surface area contributed by atoms with Gasteiger partial charge >= 0.3 is 0 Å². The Kier molecular flexibility index (Phi) is 4.89. The lowest BCUT2D eigenvalue weighted by molar-refractivity contribution is -0.385. The number of aryl methyl sites for hydroxylation is 1. The van der Waals surface area contributed by atoms with Crippen LogP contribution in [-0.4, -0.2) is 40.5 Å². The summed E-state index contributed by atoms with van der Waals surface area (Å²) in [6, 6.07) is 2.02. The first-order chi connectivity index (χ1) is 9.56. The molecule has 1 saturated heterocycles. The molecule has 0 aliphatic carbocycles. The predicted octanol–water partition coefficient (Wildman–Crippen LogP) is 2.58. The Morgan fingerprint density at radius 3 is 2.75 bits per heavy atom. The molecule has 0 amide bonds. The van der Waals surface area contributed by atoms with Crippen molar-refractivity contribution in [1.82, 2.24) is 9.88 Å². The number of nitrogens with one attached hydrogen (secondary N) is 1. The Bertz CT molecular complexity index is 472. The molecule has 6 heteroatoms. The fraction of sp³-hybridized carbons (Fsp3) is 0.643. The molecule has 1 aromatic heterocycles. The van der Waals surface area contributed by atoms with E-state index in [2.05, 4.69) is 22.1 Å². The molecule has 0 bridgehead atoms. The largest absolute Gasteiger partial charge is 0.366 e. The minimum atomic E-state index is -0.400. The Hall–Kier alpha value is -1.69. The van der Waals surface area contributed by atoms with Gasteiger partial charge in [-0.2, -0.15) is 0 Å². The molecule has 1 aliphatic heterocycles. The lowest BCUT2D eigenvalue weighted by Gasteiger charge is -2.29. The number of aromatic nitrogens is 1. The van der Waals surface area contributed by atoms with Gasteiger partial charge < -0.3 is 10.2 Å². The highest BCUT2D eigenvalue weighted by Crippen LogP contribution is 2.19. The van der Waals surface area contributed by atoms with E-state index >= 15 is 0 Å². The molecule has 1 aromatic rings. The van der Waals surface area contributed by atoms with Gasteiger partial charge in [-0.15, -0.1) is 0 Å². The Balaban J connectivity index is 1.92. The van der Waals surface area contributed by atoms with E-state index in [0.29, 0.717) is 11.4 Å². The van der Waals surface area contributed by atoms with Crippen molar-refractivity contribution in [2.24, 2.45) is 0 Å². The number of piperidine rings is 1. The van der Waals surface area contributed by atoms with Gasteiger partial charge in [0.15, 0.2) is 0 Å². The van der Waals surface area contributed by atoms with Gasteiger partial charge in [0.1, 0.15) is 12.0 Å². The van der Waals surface area contributed by atoms with E-state index in [1.807, 2.05) is 0 Å². The maximum absolute atomic E-state index is 10.8. The van der Waals surface area contributed by atoms with E-state index in [9.17, 15) is 10.1 Å². The smallest absolute Gasteiger partial charge is 0.290 e. The Labute approximate surface area is 119 Å². The molecule has 2 heterocycles. The van der Waals surface area contributed by atoms with Gasteiger partial charge in [0.25, 0.3) is 5.69 Å². The molecule has 1 fully saturated rings. The maximum atomic E-state index is 10.8. The van der Waals surface area contributed by atoms with Gasteiger partial charge in [-0.05, 0) is 45.8 Å². The number of nitro groups is 1. The normalized spacial score (nSPS) is 17.7. The summed E-state index contributed by atoms with van der Waals surface area (Å²) in [6.07, 6.45) is 5.22. The van der Waals surface area contributed by atoms with Crippen LogP contribution >= 0.6 is 0 Å². The number of hydrogen-bond acceptors (Lipinski definition) is 5. The van der Waals surface area contributed by atoms with Gasteiger partial charge in [0.05, 0.1) is 4.92 Å². The first-order valence-electron chi connectivity index (χ1n) is 7.16. The number of pyridine rings is 1. The minimum absolute atomic E-state index is 0.0687. The van der Waals surface area contributed by atoms with Crippen LogP contribution in [0.25, 0.3) is 0 Å². The molecule has 0 aromatic carbocycles. The summed E-state index contributed by atoms with van der Waals surface area (Å²) in [5, 5.41) is 14.1. The quantitative estimate of drug-likeness (QED) is 0.662. The van der Waals surface area contributed by atoms with Crippen molar-refractivity contribution >= 4 is 11.5 Å². The minimum Gasteiger partial charge on any atom is -0.366 e. The third-order valence-electron chi connectivity index (χ3n) is 3.65. The molecule has 20 heavy (non-hydrogen) atoms. The molecular weight excluding hydrogens is 256 g/mol. The first-order valence-corrected chi connectivity index (χ1v) is 7.16. The van der Waals surface area contributed by atoms with Gasteiger partial charge in [0.2, 0.25) is 0 Å². The summed E-state index contributed by atoms with van der Waals surface area (Å²) in [4.78, 5) is 16.9. The Morgan fingerprint density at radius 2 is 2.15 bits per heavy atom. The van der Waals surface area contributed by atoms with E-state index in [-0.39, 0.29) is 11.7 Å². The molecule has 1 unspecified atom stereocenters. The van der Waals surface area contributed by atoms with Gasteiger partial charge in [-0.1, -0.05) is 6.42 Å². The van der Waals surface area contributed by atoms with E-state index < -0.39 is 4.92 Å². The van der Waals surface area contributed by atoms with Crippen LogP contribution in [-0.2, 0) is 0 Å². The van der Waals surface area contributed by atoms with E-state index in [4.69, 9.17) is 0 Å². The molecule has 1 atom stereocenters. The van der Waals surface area contributed by atoms with Crippen LogP contribution in [0, 0.1) is 17.0 Å². The molecule has 0 radical (unpaired) electrons. The van der Waals surface area contributed by atoms with Gasteiger partial charge in [-0.3, -0.25) is 10.1 Å². The molecular formula is C14H22N4O2. The number of hydrogen-bond donors (Lipinski definition) is 1. The van der Waals surface area contributed by atoms with Gasteiger partial charge in [-0.25, -0.2) is 4.98 Å². The number of anilines is 1. The van der Waals surface area contributed by atoms with Gasteiger partial charge in [0, 0.05) is 18.2 Å². The lowest BCUT2D eigenvalue weighted by atomic mass is 10.1. The third kappa shape index (κ3) is 3.90. The summed E-state index contributed by atoms with van der Waals surface area (Å²) < 4.78 is 0. The fourth-order valence-electron chi connectivity index (χ4n) is 2.65. The first kappa shape index (κ1) is 14.7. The van der Waals surface area contributed by atoms with Crippen LogP contribution < -0.4 is 5.32 Å². The third-order valence-corrected chi connectivity index (χ3v) is 3.65. The van der Waals surface area contributed by atoms with Crippen molar-refractivity contribution in [3.05, 3.63) is 27.9 Å². The van der Waals surface area contributed by atoms with Crippen LogP contribution in [0.4, 0.5) is 11.5 Å². The summed E-state index contributed by atoms with van der Waals surface area (Å²) in [6.45, 7) is 7.17. The zero-order chi connectivity index (χ0) is 14.5. The average molecular weight is 278 g/mol. The lowest BCUT2D eigenvalue weighted by Crippen LogP contribution is -2.38. The highest BCUT2D eigenvalue weighted by Gasteiger charge is 2.15. The van der Waals surface area contributed by atoms with Crippen LogP contribution in [0.2, 0.25) is 0 Å². The standard InChI is InChI=1S/C14H22N4O2/c1-11-8-14(15-9-13(11)18(19)20)16-12(2)10-17-6-4-3-5-7-17/h8-9,12H,3-7,10H2,1-2H3,(H,15,16). The molecule has 6 nitrogen and oxygen atoms in total. The van der Waals surface area contributed by atoms with Crippen molar-refractivity contribution < 1.29 is 4.92 Å². The topological polar surface area (TPSA) is 71.3 Å². The number of likely N-dealkylation sites (tertiary alicyclic amines) is 1. The van der Waals surface area contributed by atoms with Crippen LogP contribution in [0.1, 0.15) is 31.7 Å². The molecule has 2 rings (SSSR count). The van der Waals surface area contributed by atoms with Crippen molar-refractivity contribution in [2.45, 2.75) is 39.2 Å². The summed E-state index contributed by atoms with van der Waals surface area (Å²) in [7, 11) is 0. The predicted molar refractivity (Wildman–Crippen MR) is 79.0 cm³/mol. The summed E-state index contributed by atoms with van der Waals surface area (Å²) >= 11 is 0. The second-order valence-corrected chi connectivity index (χ2v) is 5.52. The van der Waals surface area contributed by atoms with Crippen molar-refractivity contribution in [3.63, 3.8) is 0 Å². The van der Waals surface area contributed by atoms with E-state index in [1.165, 1.54) is 38.5 Å². The monoisotopic (exact) mass is 278 g/mol. The molecule has 1 N–H and O–H groups in total. The maximum Gasteiger partial charge on any atom is 0.290 e. The van der Waals surface area contributed by atoms with Crippen LogP contribution in [0.3, 0.4) is 0 Å². The summed E-state index contributed by atoms with van der Waals surface area (Å²) in [5.41, 5.74) is 0.705. The zero-order valence-corrected chi connectivity index (χ0v) is 12.1. The zero-order valence-electron chi connectivity index (χ0n) is 12.1. The number of rotatable bonds is 5. The second kappa shape index (κ2) is 6.65. The molecule has 110 valence electrons. The number of nitrogens with zero attached hydrogens (tertiary/aromatic N) is 3.